The number of epoxide rings is 1. The molecule has 2 aromatic rings. The molecule has 3 rings (SSSR count). The van der Waals surface area contributed by atoms with E-state index in [-0.39, 0.29) is 18.5 Å². The van der Waals surface area contributed by atoms with Crippen LogP contribution < -0.4 is 4.74 Å². The minimum atomic E-state index is -0.461. The molecule has 110 valence electrons. The van der Waals surface area contributed by atoms with Crippen molar-refractivity contribution in [3.8, 4) is 18.1 Å². The van der Waals surface area contributed by atoms with Crippen LogP contribution in [-0.2, 0) is 4.74 Å². The molecular weight excluding hydrogens is 344 g/mol. The van der Waals surface area contributed by atoms with Gasteiger partial charge in [0.15, 0.2) is 11.9 Å². The molecule has 2 atom stereocenters. The zero-order valence-corrected chi connectivity index (χ0v) is 13.2. The summed E-state index contributed by atoms with van der Waals surface area (Å²) in [6, 6.07) is 14.8. The lowest BCUT2D eigenvalue weighted by Crippen LogP contribution is -2.10. The minimum absolute atomic E-state index is 0.0828. The third-order valence-corrected chi connectivity index (χ3v) is 3.94. The molecule has 1 aliphatic heterocycles. The molecule has 1 aliphatic rings. The quantitative estimate of drug-likeness (QED) is 0.464. The molecule has 1 saturated heterocycles. The molecule has 0 bridgehead atoms. The first kappa shape index (κ1) is 14.8. The highest BCUT2D eigenvalue weighted by Gasteiger charge is 2.46. The molecule has 3 nitrogen and oxygen atoms in total. The fourth-order valence-electron chi connectivity index (χ4n) is 2.29. The summed E-state index contributed by atoms with van der Waals surface area (Å²) >= 11 is 3.39. The van der Waals surface area contributed by atoms with E-state index in [1.54, 1.807) is 18.2 Å². The maximum atomic E-state index is 12.6. The van der Waals surface area contributed by atoms with Crippen LogP contribution >= 0.6 is 15.9 Å². The summed E-state index contributed by atoms with van der Waals surface area (Å²) < 4.78 is 12.0. The highest BCUT2D eigenvalue weighted by atomic mass is 79.9. The largest absolute Gasteiger partial charge is 0.480 e. The monoisotopic (exact) mass is 356 g/mol. The molecule has 0 saturated carbocycles. The maximum absolute atomic E-state index is 12.6. The standard InChI is InChI=1S/C18H13BrO3/c1-2-11-21-15-6-4-3-5-14(15)16(20)18-17(22-18)12-7-9-13(19)10-8-12/h1,3-10,17-18H,11H2. The van der Waals surface area contributed by atoms with Crippen molar-refractivity contribution in [3.05, 3.63) is 64.1 Å². The maximum Gasteiger partial charge on any atom is 0.198 e. The van der Waals surface area contributed by atoms with Gasteiger partial charge in [-0.25, -0.2) is 0 Å². The van der Waals surface area contributed by atoms with Crippen molar-refractivity contribution in [1.29, 1.82) is 0 Å². The molecule has 0 spiro atoms. The average molecular weight is 357 g/mol. The SMILES string of the molecule is C#CCOc1ccccc1C(=O)C1OC1c1ccc(Br)cc1. The lowest BCUT2D eigenvalue weighted by molar-refractivity contribution is 0.0950. The highest BCUT2D eigenvalue weighted by Crippen LogP contribution is 2.41. The van der Waals surface area contributed by atoms with Gasteiger partial charge in [0.25, 0.3) is 0 Å². The number of rotatable bonds is 5. The van der Waals surface area contributed by atoms with E-state index in [2.05, 4.69) is 21.9 Å². The lowest BCUT2D eigenvalue weighted by Gasteiger charge is -2.07. The summed E-state index contributed by atoms with van der Waals surface area (Å²) in [6.07, 6.45) is 4.54. The topological polar surface area (TPSA) is 38.8 Å². The Morgan fingerprint density at radius 3 is 2.68 bits per heavy atom. The van der Waals surface area contributed by atoms with Gasteiger partial charge < -0.3 is 9.47 Å². The number of Topliss-reactive ketones (excluding diaryl/α,β-unsaturated/α-hetero) is 1. The summed E-state index contributed by atoms with van der Waals surface area (Å²) in [5.41, 5.74) is 1.49. The summed E-state index contributed by atoms with van der Waals surface area (Å²) in [6.45, 7) is 0.131. The van der Waals surface area contributed by atoms with Crippen LogP contribution in [0.4, 0.5) is 0 Å². The molecule has 1 fully saturated rings. The van der Waals surface area contributed by atoms with E-state index in [9.17, 15) is 4.79 Å². The van der Waals surface area contributed by atoms with Gasteiger partial charge in [0, 0.05) is 4.47 Å². The number of hydrogen-bond acceptors (Lipinski definition) is 3. The molecule has 22 heavy (non-hydrogen) atoms. The molecule has 4 heteroatoms. The van der Waals surface area contributed by atoms with E-state index in [0.717, 1.165) is 10.0 Å². The number of carbonyl (C=O) groups is 1. The van der Waals surface area contributed by atoms with Gasteiger partial charge in [-0.1, -0.05) is 46.1 Å². The smallest absolute Gasteiger partial charge is 0.198 e. The van der Waals surface area contributed by atoms with Crippen LogP contribution in [0.5, 0.6) is 5.75 Å². The first-order valence-electron chi connectivity index (χ1n) is 6.81. The molecule has 2 aromatic carbocycles. The average Bonchev–Trinajstić information content (AvgIpc) is 3.34. The number of halogens is 1. The Morgan fingerprint density at radius 1 is 1.23 bits per heavy atom. The number of para-hydroxylation sites is 1. The third kappa shape index (κ3) is 3.06. The first-order valence-corrected chi connectivity index (χ1v) is 7.60. The second kappa shape index (κ2) is 6.35. The van der Waals surface area contributed by atoms with Crippen molar-refractivity contribution in [3.63, 3.8) is 0 Å². The molecule has 1 heterocycles. The van der Waals surface area contributed by atoms with E-state index < -0.39 is 6.10 Å². The molecule has 0 aromatic heterocycles. The van der Waals surface area contributed by atoms with E-state index in [1.807, 2.05) is 30.3 Å². The van der Waals surface area contributed by atoms with Gasteiger partial charge in [-0.05, 0) is 29.8 Å². The Bertz CT molecular complexity index is 731. The molecular formula is C18H13BrO3. The summed E-state index contributed by atoms with van der Waals surface area (Å²) in [5.74, 6) is 2.81. The molecule has 2 unspecified atom stereocenters. The van der Waals surface area contributed by atoms with Gasteiger partial charge in [0.2, 0.25) is 0 Å². The van der Waals surface area contributed by atoms with Crippen LogP contribution in [0.15, 0.2) is 53.0 Å². The Hall–Kier alpha value is -2.09. The number of benzene rings is 2. The van der Waals surface area contributed by atoms with E-state index >= 15 is 0 Å². The van der Waals surface area contributed by atoms with Gasteiger partial charge in [-0.15, -0.1) is 6.42 Å². The second-order valence-corrected chi connectivity index (χ2v) is 5.80. The van der Waals surface area contributed by atoms with Crippen LogP contribution in [0.1, 0.15) is 22.0 Å². The van der Waals surface area contributed by atoms with Gasteiger partial charge in [0.1, 0.15) is 18.5 Å². The summed E-state index contributed by atoms with van der Waals surface area (Å²) in [5, 5.41) is 0. The number of terminal acetylenes is 1. The second-order valence-electron chi connectivity index (χ2n) is 4.88. The zero-order valence-electron chi connectivity index (χ0n) is 11.7. The molecule has 0 N–H and O–H groups in total. The Balaban J connectivity index is 1.76. The predicted octanol–water partition coefficient (Wildman–Crippen LogP) is 3.78. The van der Waals surface area contributed by atoms with Gasteiger partial charge in [0.05, 0.1) is 5.56 Å². The number of carbonyl (C=O) groups excluding carboxylic acids is 1. The molecule has 0 amide bonds. The highest BCUT2D eigenvalue weighted by molar-refractivity contribution is 9.10. The number of hydrogen-bond donors (Lipinski definition) is 0. The Kier molecular flexibility index (Phi) is 4.28. The van der Waals surface area contributed by atoms with E-state index in [0.29, 0.717) is 11.3 Å². The van der Waals surface area contributed by atoms with Gasteiger partial charge in [-0.3, -0.25) is 4.79 Å². The molecule has 0 radical (unpaired) electrons. The van der Waals surface area contributed by atoms with Crippen LogP contribution in [-0.4, -0.2) is 18.5 Å². The fraction of sp³-hybridized carbons (Fsp3) is 0.167. The lowest BCUT2D eigenvalue weighted by atomic mass is 10.0. The summed E-state index contributed by atoms with van der Waals surface area (Å²) in [4.78, 5) is 12.6. The zero-order chi connectivity index (χ0) is 15.5. The van der Waals surface area contributed by atoms with Crippen molar-refractivity contribution in [1.82, 2.24) is 0 Å². The van der Waals surface area contributed by atoms with Crippen LogP contribution in [0.2, 0.25) is 0 Å². The van der Waals surface area contributed by atoms with E-state index in [1.165, 1.54) is 0 Å². The summed E-state index contributed by atoms with van der Waals surface area (Å²) in [7, 11) is 0. The Morgan fingerprint density at radius 2 is 1.95 bits per heavy atom. The number of ketones is 1. The fourth-order valence-corrected chi connectivity index (χ4v) is 2.55. The predicted molar refractivity (Wildman–Crippen MR) is 86.9 cm³/mol. The van der Waals surface area contributed by atoms with Crippen LogP contribution in [0.3, 0.4) is 0 Å². The van der Waals surface area contributed by atoms with Crippen molar-refractivity contribution in [2.75, 3.05) is 6.61 Å². The van der Waals surface area contributed by atoms with Crippen LogP contribution in [0.25, 0.3) is 0 Å². The van der Waals surface area contributed by atoms with Gasteiger partial charge in [-0.2, -0.15) is 0 Å². The van der Waals surface area contributed by atoms with Gasteiger partial charge >= 0.3 is 0 Å². The van der Waals surface area contributed by atoms with Crippen LogP contribution in [0, 0.1) is 12.3 Å². The van der Waals surface area contributed by atoms with Crippen molar-refractivity contribution >= 4 is 21.7 Å². The first-order chi connectivity index (χ1) is 10.7. The minimum Gasteiger partial charge on any atom is -0.480 e. The number of ether oxygens (including phenoxy) is 2. The Labute approximate surface area is 137 Å². The normalized spacial score (nSPS) is 19.3. The van der Waals surface area contributed by atoms with Crippen molar-refractivity contribution in [2.45, 2.75) is 12.2 Å². The van der Waals surface area contributed by atoms with Crippen molar-refractivity contribution < 1.29 is 14.3 Å². The van der Waals surface area contributed by atoms with E-state index in [4.69, 9.17) is 15.9 Å². The van der Waals surface area contributed by atoms with Crippen molar-refractivity contribution in [2.24, 2.45) is 0 Å². The third-order valence-electron chi connectivity index (χ3n) is 3.41. The molecule has 0 aliphatic carbocycles.